The number of amides is 1. The first kappa shape index (κ1) is 14.7. The van der Waals surface area contributed by atoms with Crippen molar-refractivity contribution in [3.05, 3.63) is 47.3 Å². The van der Waals surface area contributed by atoms with E-state index in [9.17, 15) is 4.79 Å². The van der Waals surface area contributed by atoms with E-state index in [1.54, 1.807) is 6.07 Å². The van der Waals surface area contributed by atoms with E-state index in [0.717, 1.165) is 23.4 Å². The number of carbonyl (C=O) groups excluding carboxylic acids is 1. The summed E-state index contributed by atoms with van der Waals surface area (Å²) in [6.45, 7) is 5.18. The van der Waals surface area contributed by atoms with E-state index >= 15 is 0 Å². The molecule has 1 aromatic heterocycles. The van der Waals surface area contributed by atoms with Crippen LogP contribution in [0.5, 0.6) is 0 Å². The Hall–Kier alpha value is -2.27. The summed E-state index contributed by atoms with van der Waals surface area (Å²) < 4.78 is 5.28. The van der Waals surface area contributed by atoms with Crippen LogP contribution in [-0.4, -0.2) is 35.1 Å². The van der Waals surface area contributed by atoms with Crippen LogP contribution in [-0.2, 0) is 4.74 Å². The Morgan fingerprint density at radius 3 is 2.68 bits per heavy atom. The van der Waals surface area contributed by atoms with Crippen molar-refractivity contribution in [2.75, 3.05) is 13.2 Å². The molecule has 0 aliphatic carbocycles. The van der Waals surface area contributed by atoms with Crippen LogP contribution in [0, 0.1) is 13.8 Å². The largest absolute Gasteiger partial charge is 0.379 e. The molecule has 1 aliphatic rings. The van der Waals surface area contributed by atoms with Crippen LogP contribution in [0.3, 0.4) is 0 Å². The van der Waals surface area contributed by atoms with Gasteiger partial charge in [-0.05, 0) is 38.5 Å². The second kappa shape index (κ2) is 6.23. The zero-order chi connectivity index (χ0) is 15.5. The van der Waals surface area contributed by atoms with Gasteiger partial charge in [0.25, 0.3) is 5.91 Å². The highest BCUT2D eigenvalue weighted by molar-refractivity contribution is 5.95. The predicted molar refractivity (Wildman–Crippen MR) is 83.6 cm³/mol. The fraction of sp³-hybridized carbons (Fsp3) is 0.353. The lowest BCUT2D eigenvalue weighted by atomic mass is 10.1. The first-order chi connectivity index (χ1) is 10.6. The lowest BCUT2D eigenvalue weighted by Crippen LogP contribution is -2.34. The second-order valence-electron chi connectivity index (χ2n) is 5.59. The molecule has 0 bridgehead atoms. The molecule has 22 heavy (non-hydrogen) atoms. The zero-order valence-corrected chi connectivity index (χ0v) is 12.8. The molecule has 2 aromatic rings. The number of hydrogen-bond acceptors (Lipinski definition) is 4. The van der Waals surface area contributed by atoms with Gasteiger partial charge in [-0.3, -0.25) is 4.79 Å². The number of hydrogen-bond donors (Lipinski definition) is 1. The average molecular weight is 297 g/mol. The van der Waals surface area contributed by atoms with Crippen LogP contribution >= 0.6 is 0 Å². The minimum Gasteiger partial charge on any atom is -0.379 e. The molecule has 1 atom stereocenters. The minimum absolute atomic E-state index is 0.0817. The van der Waals surface area contributed by atoms with E-state index in [2.05, 4.69) is 15.3 Å². The van der Waals surface area contributed by atoms with E-state index in [1.807, 2.05) is 38.1 Å². The normalized spacial score (nSPS) is 17.5. The van der Waals surface area contributed by atoms with Crippen molar-refractivity contribution in [1.29, 1.82) is 0 Å². The Kier molecular flexibility index (Phi) is 4.15. The molecule has 1 fully saturated rings. The lowest BCUT2D eigenvalue weighted by Gasteiger charge is -2.11. The Balaban J connectivity index is 1.83. The van der Waals surface area contributed by atoms with Gasteiger partial charge < -0.3 is 10.1 Å². The van der Waals surface area contributed by atoms with E-state index < -0.39 is 0 Å². The van der Waals surface area contributed by atoms with E-state index in [1.165, 1.54) is 0 Å². The highest BCUT2D eigenvalue weighted by atomic mass is 16.5. The maximum absolute atomic E-state index is 12.3. The SMILES string of the molecule is Cc1cc(C)nc(-c2cccc(C(=O)NC3CCOC3)c2)n1. The third kappa shape index (κ3) is 3.31. The van der Waals surface area contributed by atoms with Crippen molar-refractivity contribution in [3.8, 4) is 11.4 Å². The number of rotatable bonds is 3. The maximum Gasteiger partial charge on any atom is 0.251 e. The molecular formula is C17H19N3O2. The standard InChI is InChI=1S/C17H19N3O2/c1-11-8-12(2)19-16(18-11)13-4-3-5-14(9-13)17(21)20-15-6-7-22-10-15/h3-5,8-9,15H,6-7,10H2,1-2H3,(H,20,21). The summed E-state index contributed by atoms with van der Waals surface area (Å²) in [6.07, 6.45) is 0.867. The van der Waals surface area contributed by atoms with Crippen molar-refractivity contribution in [3.63, 3.8) is 0 Å². The summed E-state index contributed by atoms with van der Waals surface area (Å²) >= 11 is 0. The van der Waals surface area contributed by atoms with Gasteiger partial charge in [0.15, 0.2) is 5.82 Å². The second-order valence-corrected chi connectivity index (χ2v) is 5.59. The first-order valence-corrected chi connectivity index (χ1v) is 7.43. The smallest absolute Gasteiger partial charge is 0.251 e. The molecule has 5 nitrogen and oxygen atoms in total. The third-order valence-electron chi connectivity index (χ3n) is 3.63. The fourth-order valence-corrected chi connectivity index (χ4v) is 2.57. The molecule has 1 saturated heterocycles. The monoisotopic (exact) mass is 297 g/mol. The molecule has 1 unspecified atom stereocenters. The number of nitrogens with zero attached hydrogens (tertiary/aromatic N) is 2. The lowest BCUT2D eigenvalue weighted by molar-refractivity contribution is 0.0930. The van der Waals surface area contributed by atoms with Crippen molar-refractivity contribution in [2.45, 2.75) is 26.3 Å². The van der Waals surface area contributed by atoms with E-state index in [4.69, 9.17) is 4.74 Å². The van der Waals surface area contributed by atoms with Crippen molar-refractivity contribution in [2.24, 2.45) is 0 Å². The average Bonchev–Trinajstić information content (AvgIpc) is 2.99. The van der Waals surface area contributed by atoms with Gasteiger partial charge in [-0.15, -0.1) is 0 Å². The van der Waals surface area contributed by atoms with Crippen LogP contribution in [0.4, 0.5) is 0 Å². The number of aryl methyl sites for hydroxylation is 2. The molecule has 0 spiro atoms. The summed E-state index contributed by atoms with van der Waals surface area (Å²) in [4.78, 5) is 21.2. The van der Waals surface area contributed by atoms with Gasteiger partial charge in [0, 0.05) is 29.1 Å². The zero-order valence-electron chi connectivity index (χ0n) is 12.8. The molecule has 1 N–H and O–H groups in total. The highest BCUT2D eigenvalue weighted by Crippen LogP contribution is 2.18. The van der Waals surface area contributed by atoms with Crippen LogP contribution in [0.1, 0.15) is 28.2 Å². The van der Waals surface area contributed by atoms with E-state index in [-0.39, 0.29) is 11.9 Å². The molecule has 1 aliphatic heterocycles. The summed E-state index contributed by atoms with van der Waals surface area (Å²) in [5.74, 6) is 0.568. The minimum atomic E-state index is -0.0817. The van der Waals surface area contributed by atoms with E-state index in [0.29, 0.717) is 24.6 Å². The van der Waals surface area contributed by atoms with Crippen LogP contribution < -0.4 is 5.32 Å². The van der Waals surface area contributed by atoms with Crippen LogP contribution in [0.25, 0.3) is 11.4 Å². The summed E-state index contributed by atoms with van der Waals surface area (Å²) in [6, 6.07) is 9.45. The van der Waals surface area contributed by atoms with Gasteiger partial charge in [0.05, 0.1) is 12.6 Å². The summed E-state index contributed by atoms with van der Waals surface area (Å²) in [5, 5.41) is 2.99. The Morgan fingerprint density at radius 1 is 1.23 bits per heavy atom. The van der Waals surface area contributed by atoms with Gasteiger partial charge in [0.2, 0.25) is 0 Å². The molecule has 1 aromatic carbocycles. The number of ether oxygens (including phenoxy) is 1. The quantitative estimate of drug-likeness (QED) is 0.944. The van der Waals surface area contributed by atoms with Gasteiger partial charge in [-0.1, -0.05) is 12.1 Å². The number of benzene rings is 1. The Labute approximate surface area is 129 Å². The maximum atomic E-state index is 12.3. The predicted octanol–water partition coefficient (Wildman–Crippen LogP) is 2.28. The van der Waals surface area contributed by atoms with Crippen LogP contribution in [0.2, 0.25) is 0 Å². The summed E-state index contributed by atoms with van der Waals surface area (Å²) in [5.41, 5.74) is 3.30. The van der Waals surface area contributed by atoms with Crippen molar-refractivity contribution >= 4 is 5.91 Å². The first-order valence-electron chi connectivity index (χ1n) is 7.43. The Bertz CT molecular complexity index is 674. The van der Waals surface area contributed by atoms with Gasteiger partial charge in [-0.2, -0.15) is 0 Å². The molecule has 0 radical (unpaired) electrons. The topological polar surface area (TPSA) is 64.1 Å². The number of aromatic nitrogens is 2. The molecule has 5 heteroatoms. The molecule has 0 saturated carbocycles. The van der Waals surface area contributed by atoms with Crippen LogP contribution in [0.15, 0.2) is 30.3 Å². The number of nitrogens with one attached hydrogen (secondary N) is 1. The molecule has 1 amide bonds. The van der Waals surface area contributed by atoms with Gasteiger partial charge >= 0.3 is 0 Å². The third-order valence-corrected chi connectivity index (χ3v) is 3.63. The van der Waals surface area contributed by atoms with Crippen molar-refractivity contribution in [1.82, 2.24) is 15.3 Å². The molecule has 3 rings (SSSR count). The van der Waals surface area contributed by atoms with Gasteiger partial charge in [-0.25, -0.2) is 9.97 Å². The highest BCUT2D eigenvalue weighted by Gasteiger charge is 2.18. The molecule has 2 heterocycles. The van der Waals surface area contributed by atoms with Crippen molar-refractivity contribution < 1.29 is 9.53 Å². The summed E-state index contributed by atoms with van der Waals surface area (Å²) in [7, 11) is 0. The van der Waals surface area contributed by atoms with Gasteiger partial charge in [0.1, 0.15) is 0 Å². The number of carbonyl (C=O) groups is 1. The fourth-order valence-electron chi connectivity index (χ4n) is 2.57. The molecular weight excluding hydrogens is 278 g/mol. The molecule has 114 valence electrons. The Morgan fingerprint density at radius 2 is 2.00 bits per heavy atom.